The summed E-state index contributed by atoms with van der Waals surface area (Å²) in [5.41, 5.74) is 1.35. The van der Waals surface area contributed by atoms with Gasteiger partial charge in [0.2, 0.25) is 0 Å². The molecule has 5 nitrogen and oxygen atoms in total. The van der Waals surface area contributed by atoms with Gasteiger partial charge >= 0.3 is 0 Å². The van der Waals surface area contributed by atoms with E-state index < -0.39 is 0 Å². The van der Waals surface area contributed by atoms with Crippen LogP contribution in [0.4, 0.5) is 10.1 Å². The molecule has 3 rings (SSSR count). The van der Waals surface area contributed by atoms with Crippen LogP contribution < -0.4 is 4.90 Å². The zero-order valence-corrected chi connectivity index (χ0v) is 12.0. The highest BCUT2D eigenvalue weighted by atomic mass is 19.1. The minimum atomic E-state index is -0.248. The number of amides is 1. The smallest absolute Gasteiger partial charge is 0.270 e. The minimum Gasteiger partial charge on any atom is -0.366 e. The SMILES string of the molecule is O=Cc1ccc(C(=O)N2CCN(c3ccccc3F)CC2)[nH]1. The Labute approximate surface area is 127 Å². The van der Waals surface area contributed by atoms with E-state index in [2.05, 4.69) is 4.98 Å². The lowest BCUT2D eigenvalue weighted by Crippen LogP contribution is -2.49. The maximum Gasteiger partial charge on any atom is 0.270 e. The van der Waals surface area contributed by atoms with Gasteiger partial charge in [0.15, 0.2) is 6.29 Å². The first-order valence-corrected chi connectivity index (χ1v) is 7.12. The van der Waals surface area contributed by atoms with E-state index in [0.29, 0.717) is 49.5 Å². The molecule has 114 valence electrons. The minimum absolute atomic E-state index is 0.138. The number of hydrogen-bond donors (Lipinski definition) is 1. The largest absolute Gasteiger partial charge is 0.366 e. The standard InChI is InChI=1S/C16H16FN3O2/c17-13-3-1-2-4-15(13)19-7-9-20(10-8-19)16(22)14-6-5-12(11-21)18-14/h1-6,11,18H,7-10H2. The molecule has 0 atom stereocenters. The molecule has 0 unspecified atom stereocenters. The number of aromatic amines is 1. The second kappa shape index (κ2) is 6.01. The van der Waals surface area contributed by atoms with Crippen LogP contribution in [0.3, 0.4) is 0 Å². The van der Waals surface area contributed by atoms with Crippen molar-refractivity contribution in [3.8, 4) is 0 Å². The third kappa shape index (κ3) is 2.72. The molecule has 22 heavy (non-hydrogen) atoms. The van der Waals surface area contributed by atoms with E-state index in [9.17, 15) is 14.0 Å². The third-order valence-corrected chi connectivity index (χ3v) is 3.83. The zero-order chi connectivity index (χ0) is 15.5. The number of piperazine rings is 1. The van der Waals surface area contributed by atoms with Crippen LogP contribution in [0, 0.1) is 5.82 Å². The van der Waals surface area contributed by atoms with Crippen molar-refractivity contribution in [1.29, 1.82) is 0 Å². The summed E-state index contributed by atoms with van der Waals surface area (Å²) in [5, 5.41) is 0. The van der Waals surface area contributed by atoms with Crippen molar-refractivity contribution in [2.24, 2.45) is 0 Å². The van der Waals surface area contributed by atoms with E-state index in [1.54, 1.807) is 35.2 Å². The Balaban J connectivity index is 1.65. The normalized spacial score (nSPS) is 15.0. The summed E-state index contributed by atoms with van der Waals surface area (Å²) in [4.78, 5) is 29.4. The summed E-state index contributed by atoms with van der Waals surface area (Å²) >= 11 is 0. The van der Waals surface area contributed by atoms with Crippen LogP contribution in [0.5, 0.6) is 0 Å². The maximum absolute atomic E-state index is 13.8. The predicted molar refractivity (Wildman–Crippen MR) is 80.7 cm³/mol. The number of para-hydroxylation sites is 1. The number of hydrogen-bond acceptors (Lipinski definition) is 3. The lowest BCUT2D eigenvalue weighted by atomic mass is 10.2. The van der Waals surface area contributed by atoms with E-state index in [-0.39, 0.29) is 11.7 Å². The highest BCUT2D eigenvalue weighted by molar-refractivity contribution is 5.93. The number of anilines is 1. The Morgan fingerprint density at radius 3 is 2.45 bits per heavy atom. The first kappa shape index (κ1) is 14.3. The maximum atomic E-state index is 13.8. The number of rotatable bonds is 3. The van der Waals surface area contributed by atoms with E-state index in [1.165, 1.54) is 6.07 Å². The van der Waals surface area contributed by atoms with Crippen molar-refractivity contribution in [2.75, 3.05) is 31.1 Å². The van der Waals surface area contributed by atoms with Gasteiger partial charge in [-0.1, -0.05) is 12.1 Å². The Morgan fingerprint density at radius 1 is 1.09 bits per heavy atom. The summed E-state index contributed by atoms with van der Waals surface area (Å²) in [6.07, 6.45) is 0.674. The molecule has 0 radical (unpaired) electrons. The van der Waals surface area contributed by atoms with Gasteiger partial charge in [-0.15, -0.1) is 0 Å². The van der Waals surface area contributed by atoms with Crippen molar-refractivity contribution in [2.45, 2.75) is 0 Å². The number of carbonyl (C=O) groups is 2. The molecule has 2 aromatic rings. The molecule has 1 aliphatic heterocycles. The Hall–Kier alpha value is -2.63. The Bertz CT molecular complexity index is 690. The van der Waals surface area contributed by atoms with Gasteiger partial charge < -0.3 is 14.8 Å². The summed E-state index contributed by atoms with van der Waals surface area (Å²) in [6, 6.07) is 9.83. The Morgan fingerprint density at radius 2 is 1.82 bits per heavy atom. The summed E-state index contributed by atoms with van der Waals surface area (Å²) in [5.74, 6) is -0.386. The molecular weight excluding hydrogens is 285 g/mol. The van der Waals surface area contributed by atoms with Crippen LogP contribution in [0.25, 0.3) is 0 Å². The van der Waals surface area contributed by atoms with Crippen LogP contribution in [-0.2, 0) is 0 Å². The molecule has 1 aromatic heterocycles. The van der Waals surface area contributed by atoms with Gasteiger partial charge in [0.1, 0.15) is 11.5 Å². The molecule has 1 saturated heterocycles. The summed E-state index contributed by atoms with van der Waals surface area (Å²) < 4.78 is 13.8. The predicted octanol–water partition coefficient (Wildman–Crippen LogP) is 1.93. The molecule has 0 spiro atoms. The third-order valence-electron chi connectivity index (χ3n) is 3.83. The lowest BCUT2D eigenvalue weighted by Gasteiger charge is -2.36. The summed E-state index contributed by atoms with van der Waals surface area (Å²) in [6.45, 7) is 2.19. The van der Waals surface area contributed by atoms with Crippen LogP contribution in [0.1, 0.15) is 21.0 Å². The average Bonchev–Trinajstić information content (AvgIpc) is 3.04. The van der Waals surface area contributed by atoms with Crippen molar-refractivity contribution in [3.05, 3.63) is 53.6 Å². The number of halogens is 1. The second-order valence-electron chi connectivity index (χ2n) is 5.18. The second-order valence-corrected chi connectivity index (χ2v) is 5.18. The van der Waals surface area contributed by atoms with Crippen molar-refractivity contribution in [3.63, 3.8) is 0 Å². The number of carbonyl (C=O) groups excluding carboxylic acids is 2. The van der Waals surface area contributed by atoms with Crippen LogP contribution >= 0.6 is 0 Å². The van der Waals surface area contributed by atoms with Gasteiger partial charge in [-0.05, 0) is 24.3 Å². The molecule has 1 N–H and O–H groups in total. The van der Waals surface area contributed by atoms with Gasteiger partial charge in [0.05, 0.1) is 11.4 Å². The van der Waals surface area contributed by atoms with Gasteiger partial charge in [0, 0.05) is 26.2 Å². The fourth-order valence-corrected chi connectivity index (χ4v) is 2.63. The number of nitrogens with zero attached hydrogens (tertiary/aromatic N) is 2. The van der Waals surface area contributed by atoms with E-state index >= 15 is 0 Å². The molecule has 1 aromatic carbocycles. The first-order chi connectivity index (χ1) is 10.7. The first-order valence-electron chi connectivity index (χ1n) is 7.12. The fraction of sp³-hybridized carbons (Fsp3) is 0.250. The molecule has 2 heterocycles. The van der Waals surface area contributed by atoms with Crippen LogP contribution in [0.15, 0.2) is 36.4 Å². The van der Waals surface area contributed by atoms with Crippen molar-refractivity contribution >= 4 is 17.9 Å². The molecule has 1 fully saturated rings. The van der Waals surface area contributed by atoms with E-state index in [0.717, 1.165) is 0 Å². The molecule has 0 saturated carbocycles. The van der Waals surface area contributed by atoms with Gasteiger partial charge in [-0.3, -0.25) is 9.59 Å². The monoisotopic (exact) mass is 301 g/mol. The molecule has 6 heteroatoms. The highest BCUT2D eigenvalue weighted by Crippen LogP contribution is 2.20. The summed E-state index contributed by atoms with van der Waals surface area (Å²) in [7, 11) is 0. The quantitative estimate of drug-likeness (QED) is 0.881. The lowest BCUT2D eigenvalue weighted by molar-refractivity contribution is 0.0741. The number of H-pyrrole nitrogens is 1. The average molecular weight is 301 g/mol. The fourth-order valence-electron chi connectivity index (χ4n) is 2.63. The van der Waals surface area contributed by atoms with E-state index in [4.69, 9.17) is 0 Å². The van der Waals surface area contributed by atoms with Crippen molar-refractivity contribution in [1.82, 2.24) is 9.88 Å². The number of aldehydes is 1. The topological polar surface area (TPSA) is 56.4 Å². The molecular formula is C16H16FN3O2. The van der Waals surface area contributed by atoms with Gasteiger partial charge in [-0.25, -0.2) is 4.39 Å². The number of aromatic nitrogens is 1. The highest BCUT2D eigenvalue weighted by Gasteiger charge is 2.24. The molecule has 1 amide bonds. The number of benzene rings is 1. The van der Waals surface area contributed by atoms with Crippen LogP contribution in [0.2, 0.25) is 0 Å². The Kier molecular flexibility index (Phi) is 3.91. The van der Waals surface area contributed by atoms with Crippen LogP contribution in [-0.4, -0.2) is 48.3 Å². The van der Waals surface area contributed by atoms with Gasteiger partial charge in [0.25, 0.3) is 5.91 Å². The molecule has 0 bridgehead atoms. The zero-order valence-electron chi connectivity index (χ0n) is 12.0. The number of nitrogens with one attached hydrogen (secondary N) is 1. The van der Waals surface area contributed by atoms with Gasteiger partial charge in [-0.2, -0.15) is 0 Å². The van der Waals surface area contributed by atoms with E-state index in [1.807, 2.05) is 4.90 Å². The molecule has 0 aliphatic carbocycles. The van der Waals surface area contributed by atoms with Crippen molar-refractivity contribution < 1.29 is 14.0 Å². The molecule has 1 aliphatic rings.